The average Bonchev–Trinajstić information content (AvgIpc) is 2.92. The minimum absolute atomic E-state index is 0.425. The fourth-order valence-electron chi connectivity index (χ4n) is 1.12. The van der Waals surface area contributed by atoms with Crippen LogP contribution >= 0.6 is 0 Å². The summed E-state index contributed by atoms with van der Waals surface area (Å²) in [5.41, 5.74) is 1.08. The Morgan fingerprint density at radius 1 is 1.46 bits per heavy atom. The molecule has 0 unspecified atom stereocenters. The van der Waals surface area contributed by atoms with Gasteiger partial charge in [0.1, 0.15) is 5.75 Å². The van der Waals surface area contributed by atoms with Gasteiger partial charge >= 0.3 is 0 Å². The van der Waals surface area contributed by atoms with E-state index >= 15 is 0 Å². The minimum Gasteiger partial charge on any atom is -0.489 e. The first-order chi connectivity index (χ1) is 6.29. The van der Waals surface area contributed by atoms with E-state index in [1.54, 1.807) is 13.3 Å². The maximum Gasteiger partial charge on any atom is 0.213 e. The molecule has 1 aromatic rings. The summed E-state index contributed by atoms with van der Waals surface area (Å²) in [5, 5.41) is 0. The molecule has 1 fully saturated rings. The molecule has 1 aliphatic carbocycles. The van der Waals surface area contributed by atoms with Crippen molar-refractivity contribution in [2.24, 2.45) is 0 Å². The van der Waals surface area contributed by atoms with Crippen LogP contribution < -0.4 is 9.47 Å². The maximum absolute atomic E-state index is 5.64. The molecule has 1 aliphatic rings. The third-order valence-electron chi connectivity index (χ3n) is 2.06. The van der Waals surface area contributed by atoms with Crippen LogP contribution in [0.2, 0.25) is 0 Å². The van der Waals surface area contributed by atoms with Gasteiger partial charge in [0.05, 0.1) is 19.4 Å². The molecule has 0 spiro atoms. The minimum atomic E-state index is 0.425. The van der Waals surface area contributed by atoms with Crippen LogP contribution in [0, 0.1) is 6.92 Å². The first kappa shape index (κ1) is 8.35. The lowest BCUT2D eigenvalue weighted by molar-refractivity contribution is 0.298. The number of hydrogen-bond donors (Lipinski definition) is 0. The molecule has 70 valence electrons. The fourth-order valence-corrected chi connectivity index (χ4v) is 1.12. The Labute approximate surface area is 77.7 Å². The highest BCUT2D eigenvalue weighted by atomic mass is 16.5. The summed E-state index contributed by atoms with van der Waals surface area (Å²) in [7, 11) is 1.61. The van der Waals surface area contributed by atoms with Gasteiger partial charge in [-0.25, -0.2) is 4.98 Å². The molecule has 0 aliphatic heterocycles. The van der Waals surface area contributed by atoms with Crippen molar-refractivity contribution in [1.82, 2.24) is 4.98 Å². The molecule has 3 nitrogen and oxygen atoms in total. The Hall–Kier alpha value is -1.25. The van der Waals surface area contributed by atoms with Gasteiger partial charge in [0, 0.05) is 6.07 Å². The Morgan fingerprint density at radius 2 is 2.23 bits per heavy atom. The molecule has 1 saturated carbocycles. The van der Waals surface area contributed by atoms with E-state index in [4.69, 9.17) is 9.47 Å². The van der Waals surface area contributed by atoms with Crippen LogP contribution in [-0.4, -0.2) is 18.2 Å². The SMILES string of the molecule is COc1cc(C)c(OC2CC2)cn1. The summed E-state index contributed by atoms with van der Waals surface area (Å²) in [6.07, 6.45) is 4.50. The highest BCUT2D eigenvalue weighted by Gasteiger charge is 2.24. The van der Waals surface area contributed by atoms with E-state index in [0.717, 1.165) is 11.3 Å². The van der Waals surface area contributed by atoms with Crippen molar-refractivity contribution in [3.63, 3.8) is 0 Å². The number of aryl methyl sites for hydroxylation is 1. The summed E-state index contributed by atoms with van der Waals surface area (Å²) in [6.45, 7) is 2.00. The molecule has 0 N–H and O–H groups in total. The summed E-state index contributed by atoms with van der Waals surface area (Å²) in [5.74, 6) is 1.52. The monoisotopic (exact) mass is 179 g/mol. The van der Waals surface area contributed by atoms with Crippen molar-refractivity contribution < 1.29 is 9.47 Å². The van der Waals surface area contributed by atoms with Crippen molar-refractivity contribution in [3.8, 4) is 11.6 Å². The van der Waals surface area contributed by atoms with E-state index in [1.807, 2.05) is 13.0 Å². The van der Waals surface area contributed by atoms with Crippen LogP contribution in [0.15, 0.2) is 12.3 Å². The van der Waals surface area contributed by atoms with Crippen LogP contribution in [0.1, 0.15) is 18.4 Å². The van der Waals surface area contributed by atoms with Crippen molar-refractivity contribution >= 4 is 0 Å². The van der Waals surface area contributed by atoms with E-state index in [1.165, 1.54) is 12.8 Å². The molecule has 1 heterocycles. The van der Waals surface area contributed by atoms with Crippen LogP contribution in [0.4, 0.5) is 0 Å². The molecular weight excluding hydrogens is 166 g/mol. The molecular formula is C10H13NO2. The van der Waals surface area contributed by atoms with E-state index in [-0.39, 0.29) is 0 Å². The molecule has 2 rings (SSSR count). The van der Waals surface area contributed by atoms with Crippen LogP contribution in [-0.2, 0) is 0 Å². The third-order valence-corrected chi connectivity index (χ3v) is 2.06. The van der Waals surface area contributed by atoms with Gasteiger partial charge in [-0.2, -0.15) is 0 Å². The van der Waals surface area contributed by atoms with Gasteiger partial charge in [0.15, 0.2) is 0 Å². The van der Waals surface area contributed by atoms with Crippen LogP contribution in [0.3, 0.4) is 0 Å². The van der Waals surface area contributed by atoms with E-state index < -0.39 is 0 Å². The second kappa shape index (κ2) is 3.24. The third kappa shape index (κ3) is 1.91. The van der Waals surface area contributed by atoms with Crippen molar-refractivity contribution in [2.75, 3.05) is 7.11 Å². The lowest BCUT2D eigenvalue weighted by Gasteiger charge is -2.07. The number of hydrogen-bond acceptors (Lipinski definition) is 3. The van der Waals surface area contributed by atoms with Gasteiger partial charge < -0.3 is 9.47 Å². The first-order valence-electron chi connectivity index (χ1n) is 4.47. The van der Waals surface area contributed by atoms with Gasteiger partial charge in [0.25, 0.3) is 0 Å². The van der Waals surface area contributed by atoms with Crippen molar-refractivity contribution in [2.45, 2.75) is 25.9 Å². The van der Waals surface area contributed by atoms with E-state index in [2.05, 4.69) is 4.98 Å². The number of rotatable bonds is 3. The van der Waals surface area contributed by atoms with Crippen molar-refractivity contribution in [3.05, 3.63) is 17.8 Å². The maximum atomic E-state index is 5.64. The van der Waals surface area contributed by atoms with Crippen molar-refractivity contribution in [1.29, 1.82) is 0 Å². The smallest absolute Gasteiger partial charge is 0.213 e. The normalized spacial score (nSPS) is 15.5. The predicted molar refractivity (Wildman–Crippen MR) is 49.2 cm³/mol. The molecule has 3 heteroatoms. The van der Waals surface area contributed by atoms with Gasteiger partial charge in [-0.15, -0.1) is 0 Å². The molecule has 0 saturated heterocycles. The second-order valence-corrected chi connectivity index (χ2v) is 3.31. The second-order valence-electron chi connectivity index (χ2n) is 3.31. The fraction of sp³-hybridized carbons (Fsp3) is 0.500. The summed E-state index contributed by atoms with van der Waals surface area (Å²) in [6, 6.07) is 1.89. The zero-order valence-corrected chi connectivity index (χ0v) is 7.91. The van der Waals surface area contributed by atoms with E-state index in [0.29, 0.717) is 12.0 Å². The van der Waals surface area contributed by atoms with Gasteiger partial charge in [-0.05, 0) is 25.3 Å². The summed E-state index contributed by atoms with van der Waals surface area (Å²) >= 11 is 0. The molecule has 0 atom stereocenters. The standard InChI is InChI=1S/C10H13NO2/c1-7-5-10(12-2)11-6-9(7)13-8-3-4-8/h5-6,8H,3-4H2,1-2H3. The molecule has 0 bridgehead atoms. The number of methoxy groups -OCH3 is 1. The number of ether oxygens (including phenoxy) is 2. The van der Waals surface area contributed by atoms with Gasteiger partial charge in [-0.1, -0.05) is 0 Å². The van der Waals surface area contributed by atoms with E-state index in [9.17, 15) is 0 Å². The summed E-state index contributed by atoms with van der Waals surface area (Å²) in [4.78, 5) is 4.09. The van der Waals surface area contributed by atoms with Gasteiger partial charge in [-0.3, -0.25) is 0 Å². The Morgan fingerprint density at radius 3 is 2.77 bits per heavy atom. The number of nitrogens with zero attached hydrogens (tertiary/aromatic N) is 1. The van der Waals surface area contributed by atoms with Crippen LogP contribution in [0.5, 0.6) is 11.6 Å². The predicted octanol–water partition coefficient (Wildman–Crippen LogP) is 1.94. The highest BCUT2D eigenvalue weighted by molar-refractivity contribution is 5.33. The molecule has 13 heavy (non-hydrogen) atoms. The highest BCUT2D eigenvalue weighted by Crippen LogP contribution is 2.29. The number of aromatic nitrogens is 1. The topological polar surface area (TPSA) is 31.4 Å². The quantitative estimate of drug-likeness (QED) is 0.710. The van der Waals surface area contributed by atoms with Crippen LogP contribution in [0.25, 0.3) is 0 Å². The Bertz CT molecular complexity index is 308. The lowest BCUT2D eigenvalue weighted by atomic mass is 10.3. The van der Waals surface area contributed by atoms with Gasteiger partial charge in [0.2, 0.25) is 5.88 Å². The summed E-state index contributed by atoms with van der Waals surface area (Å²) < 4.78 is 10.6. The molecule has 0 radical (unpaired) electrons. The zero-order chi connectivity index (χ0) is 9.26. The molecule has 0 aromatic carbocycles. The largest absolute Gasteiger partial charge is 0.489 e. The lowest BCUT2D eigenvalue weighted by Crippen LogP contribution is -1.99. The average molecular weight is 179 g/mol. The molecule has 0 amide bonds. The molecule has 1 aromatic heterocycles. The first-order valence-corrected chi connectivity index (χ1v) is 4.47. The zero-order valence-electron chi connectivity index (χ0n) is 7.91. The number of pyridine rings is 1. The Balaban J connectivity index is 2.15. The Kier molecular flexibility index (Phi) is 2.08.